The lowest BCUT2D eigenvalue weighted by atomic mass is 9.84. The summed E-state index contributed by atoms with van der Waals surface area (Å²) in [6.07, 6.45) is 6.70. The third-order valence-electron chi connectivity index (χ3n) is 5.66. The van der Waals surface area contributed by atoms with Crippen LogP contribution in [0.25, 0.3) is 5.52 Å². The van der Waals surface area contributed by atoms with E-state index < -0.39 is 27.8 Å². The summed E-state index contributed by atoms with van der Waals surface area (Å²) in [5.74, 6) is -1.35. The Hall–Kier alpha value is -2.42. The topological polar surface area (TPSA) is 109 Å². The minimum atomic E-state index is -3.65. The Morgan fingerprint density at radius 2 is 1.96 bits per heavy atom. The standard InChI is InChI=1S/C18H21N3O5S/c1-27(25,26)18-19-15(13-8-4-5-9-20(13)18)16(22)21-12-7-3-2-6-11(12)10-14(21)17(23)24/h4-5,8-9,11-12,14H,2-3,6-7,10H2,1H3,(H,23,24). The Morgan fingerprint density at radius 1 is 1.22 bits per heavy atom. The maximum Gasteiger partial charge on any atom is 0.326 e. The van der Waals surface area contributed by atoms with Crippen molar-refractivity contribution in [3.05, 3.63) is 30.1 Å². The zero-order valence-electron chi connectivity index (χ0n) is 14.9. The molecule has 27 heavy (non-hydrogen) atoms. The van der Waals surface area contributed by atoms with Gasteiger partial charge in [0.25, 0.3) is 5.91 Å². The Morgan fingerprint density at radius 3 is 2.67 bits per heavy atom. The highest BCUT2D eigenvalue weighted by Crippen LogP contribution is 2.40. The van der Waals surface area contributed by atoms with Gasteiger partial charge in [0, 0.05) is 18.5 Å². The molecule has 0 radical (unpaired) electrons. The van der Waals surface area contributed by atoms with E-state index in [9.17, 15) is 23.1 Å². The molecule has 3 atom stereocenters. The minimum absolute atomic E-state index is 0.00602. The predicted octanol–water partition coefficient (Wildman–Crippen LogP) is 1.60. The molecule has 2 aromatic heterocycles. The quantitative estimate of drug-likeness (QED) is 0.851. The number of aromatic nitrogens is 2. The average molecular weight is 391 g/mol. The highest BCUT2D eigenvalue weighted by Gasteiger charge is 2.48. The van der Waals surface area contributed by atoms with Crippen LogP contribution in [0.2, 0.25) is 0 Å². The second-order valence-electron chi connectivity index (χ2n) is 7.39. The van der Waals surface area contributed by atoms with Crippen LogP contribution in [-0.4, -0.2) is 58.0 Å². The number of rotatable bonds is 3. The van der Waals surface area contributed by atoms with Crippen LogP contribution < -0.4 is 0 Å². The number of imidazole rings is 1. The summed E-state index contributed by atoms with van der Waals surface area (Å²) in [6.45, 7) is 0. The summed E-state index contributed by atoms with van der Waals surface area (Å²) in [4.78, 5) is 30.7. The predicted molar refractivity (Wildman–Crippen MR) is 96.3 cm³/mol. The molecule has 1 N–H and O–H groups in total. The van der Waals surface area contributed by atoms with E-state index in [1.165, 1.54) is 15.5 Å². The van der Waals surface area contributed by atoms with Crippen molar-refractivity contribution in [2.75, 3.05) is 6.26 Å². The number of pyridine rings is 1. The van der Waals surface area contributed by atoms with Crippen LogP contribution in [0.3, 0.4) is 0 Å². The molecule has 144 valence electrons. The van der Waals surface area contributed by atoms with Crippen molar-refractivity contribution in [2.24, 2.45) is 5.92 Å². The molecule has 2 fully saturated rings. The molecule has 1 saturated heterocycles. The molecule has 1 aliphatic heterocycles. The fourth-order valence-corrected chi connectivity index (χ4v) is 5.30. The first-order valence-corrected chi connectivity index (χ1v) is 10.9. The maximum atomic E-state index is 13.4. The molecule has 1 amide bonds. The highest BCUT2D eigenvalue weighted by molar-refractivity contribution is 7.90. The molecule has 1 aliphatic carbocycles. The van der Waals surface area contributed by atoms with Crippen LogP contribution in [0.1, 0.15) is 42.6 Å². The molecule has 0 aromatic carbocycles. The van der Waals surface area contributed by atoms with Crippen LogP contribution in [0.4, 0.5) is 0 Å². The number of hydrogen-bond donors (Lipinski definition) is 1. The zero-order chi connectivity index (χ0) is 19.3. The molecule has 3 heterocycles. The molecular formula is C18H21N3O5S. The van der Waals surface area contributed by atoms with Gasteiger partial charge in [0.15, 0.2) is 5.69 Å². The van der Waals surface area contributed by atoms with Crippen molar-refractivity contribution in [1.82, 2.24) is 14.3 Å². The third-order valence-corrected chi connectivity index (χ3v) is 6.61. The van der Waals surface area contributed by atoms with Crippen LogP contribution >= 0.6 is 0 Å². The highest BCUT2D eigenvalue weighted by atomic mass is 32.2. The molecule has 2 aromatic rings. The Bertz CT molecular complexity index is 1030. The second kappa shape index (κ2) is 6.33. The number of sulfone groups is 1. The Balaban J connectivity index is 1.83. The monoisotopic (exact) mass is 391 g/mol. The van der Waals surface area contributed by atoms with Gasteiger partial charge in [-0.15, -0.1) is 0 Å². The van der Waals surface area contributed by atoms with E-state index in [4.69, 9.17) is 0 Å². The van der Waals surface area contributed by atoms with Crippen molar-refractivity contribution in [1.29, 1.82) is 0 Å². The van der Waals surface area contributed by atoms with Gasteiger partial charge in [-0.1, -0.05) is 18.9 Å². The first-order valence-electron chi connectivity index (χ1n) is 9.01. The van der Waals surface area contributed by atoms with Gasteiger partial charge in [0.1, 0.15) is 6.04 Å². The zero-order valence-corrected chi connectivity index (χ0v) is 15.7. The Kier molecular flexibility index (Phi) is 4.21. The number of aliphatic carboxylic acids is 1. The van der Waals surface area contributed by atoms with Crippen molar-refractivity contribution in [3.63, 3.8) is 0 Å². The van der Waals surface area contributed by atoms with Crippen LogP contribution in [0, 0.1) is 5.92 Å². The number of hydrogen-bond acceptors (Lipinski definition) is 5. The smallest absolute Gasteiger partial charge is 0.326 e. The van der Waals surface area contributed by atoms with Gasteiger partial charge in [-0.3, -0.25) is 9.20 Å². The summed E-state index contributed by atoms with van der Waals surface area (Å²) < 4.78 is 25.6. The van der Waals surface area contributed by atoms with Gasteiger partial charge >= 0.3 is 5.97 Å². The number of carbonyl (C=O) groups excluding carboxylic acids is 1. The van der Waals surface area contributed by atoms with E-state index >= 15 is 0 Å². The summed E-state index contributed by atoms with van der Waals surface area (Å²) in [5, 5.41) is 9.44. The number of carboxylic acids is 1. The van der Waals surface area contributed by atoms with Crippen LogP contribution in [0.5, 0.6) is 0 Å². The SMILES string of the molecule is CS(=O)(=O)c1nc(C(=O)N2C(C(=O)O)CC3CCCCC32)c2ccccn12. The minimum Gasteiger partial charge on any atom is -0.480 e. The first kappa shape index (κ1) is 18.0. The maximum absolute atomic E-state index is 13.4. The fraction of sp³-hybridized carbons (Fsp3) is 0.500. The molecule has 9 heteroatoms. The number of carbonyl (C=O) groups is 2. The first-order chi connectivity index (χ1) is 12.8. The summed E-state index contributed by atoms with van der Waals surface area (Å²) >= 11 is 0. The average Bonchev–Trinajstić information content (AvgIpc) is 3.20. The largest absolute Gasteiger partial charge is 0.480 e. The van der Waals surface area contributed by atoms with E-state index in [0.29, 0.717) is 11.9 Å². The summed E-state index contributed by atoms with van der Waals surface area (Å²) in [7, 11) is -3.65. The van der Waals surface area contributed by atoms with Crippen molar-refractivity contribution < 1.29 is 23.1 Å². The fourth-order valence-electron chi connectivity index (χ4n) is 4.52. The lowest BCUT2D eigenvalue weighted by Crippen LogP contribution is -2.46. The van der Waals surface area contributed by atoms with Crippen molar-refractivity contribution in [2.45, 2.75) is 49.3 Å². The van der Waals surface area contributed by atoms with E-state index in [-0.39, 0.29) is 22.8 Å². The van der Waals surface area contributed by atoms with E-state index in [2.05, 4.69) is 4.98 Å². The number of nitrogens with zero attached hydrogens (tertiary/aromatic N) is 3. The number of amides is 1. The van der Waals surface area contributed by atoms with Crippen LogP contribution in [0.15, 0.2) is 29.6 Å². The number of fused-ring (bicyclic) bond motifs is 2. The molecule has 0 spiro atoms. The van der Waals surface area contributed by atoms with Gasteiger partial charge in [0.05, 0.1) is 5.52 Å². The number of likely N-dealkylation sites (tertiary alicyclic amines) is 1. The molecule has 1 saturated carbocycles. The van der Waals surface area contributed by atoms with Crippen LogP contribution in [-0.2, 0) is 14.6 Å². The van der Waals surface area contributed by atoms with E-state index in [1.54, 1.807) is 18.2 Å². The molecular weight excluding hydrogens is 370 g/mol. The molecule has 8 nitrogen and oxygen atoms in total. The lowest BCUT2D eigenvalue weighted by Gasteiger charge is -2.32. The summed E-state index contributed by atoms with van der Waals surface area (Å²) in [5.41, 5.74) is 0.361. The Labute approximate surface area is 156 Å². The molecule has 4 rings (SSSR count). The number of carboxylic acid groups (broad SMARTS) is 1. The third kappa shape index (κ3) is 2.90. The van der Waals surface area contributed by atoms with E-state index in [0.717, 1.165) is 31.9 Å². The van der Waals surface area contributed by atoms with Crippen molar-refractivity contribution >= 4 is 27.2 Å². The van der Waals surface area contributed by atoms with Gasteiger partial charge < -0.3 is 10.0 Å². The second-order valence-corrected chi connectivity index (χ2v) is 9.29. The molecule has 0 bridgehead atoms. The normalized spacial score (nSPS) is 25.5. The van der Waals surface area contributed by atoms with Gasteiger partial charge in [-0.2, -0.15) is 0 Å². The lowest BCUT2D eigenvalue weighted by molar-refractivity contribution is -0.141. The van der Waals surface area contributed by atoms with Gasteiger partial charge in [-0.25, -0.2) is 18.2 Å². The molecule has 2 aliphatic rings. The van der Waals surface area contributed by atoms with Crippen molar-refractivity contribution in [3.8, 4) is 0 Å². The summed E-state index contributed by atoms with van der Waals surface area (Å²) in [6, 6.07) is 3.95. The molecule has 3 unspecified atom stereocenters. The van der Waals surface area contributed by atoms with Gasteiger partial charge in [0.2, 0.25) is 15.0 Å². The van der Waals surface area contributed by atoms with Gasteiger partial charge in [-0.05, 0) is 37.3 Å². The van der Waals surface area contributed by atoms with E-state index in [1.807, 2.05) is 0 Å².